The van der Waals surface area contributed by atoms with Crippen molar-refractivity contribution in [3.8, 4) is 0 Å². The standard InChI is InChI=1S/C11H14BrN5/c1-2-13-10(11-15-7-16-17-11)5-9-4-3-8(12)6-14-9/h3-4,6-7,10,13H,2,5H2,1H3,(H,15,16,17). The van der Waals surface area contributed by atoms with Gasteiger partial charge in [0.1, 0.15) is 12.2 Å². The quantitative estimate of drug-likeness (QED) is 0.884. The highest BCUT2D eigenvalue weighted by atomic mass is 79.9. The molecule has 1 unspecified atom stereocenters. The van der Waals surface area contributed by atoms with Gasteiger partial charge in [0.25, 0.3) is 0 Å². The maximum absolute atomic E-state index is 4.36. The zero-order valence-electron chi connectivity index (χ0n) is 9.52. The molecule has 6 heteroatoms. The molecular weight excluding hydrogens is 282 g/mol. The van der Waals surface area contributed by atoms with Gasteiger partial charge >= 0.3 is 0 Å². The van der Waals surface area contributed by atoms with Crippen molar-refractivity contribution in [2.75, 3.05) is 6.54 Å². The molecule has 2 rings (SSSR count). The molecule has 0 radical (unpaired) electrons. The van der Waals surface area contributed by atoms with Crippen LogP contribution in [0.4, 0.5) is 0 Å². The summed E-state index contributed by atoms with van der Waals surface area (Å²) in [7, 11) is 0. The third kappa shape index (κ3) is 3.34. The van der Waals surface area contributed by atoms with Crippen molar-refractivity contribution >= 4 is 15.9 Å². The van der Waals surface area contributed by atoms with Crippen molar-refractivity contribution in [1.29, 1.82) is 0 Å². The molecule has 1 atom stereocenters. The van der Waals surface area contributed by atoms with Gasteiger partial charge in [-0.05, 0) is 34.6 Å². The van der Waals surface area contributed by atoms with Crippen LogP contribution in [0.2, 0.25) is 0 Å². The maximum Gasteiger partial charge on any atom is 0.141 e. The number of aromatic nitrogens is 4. The third-order valence-electron chi connectivity index (χ3n) is 2.42. The van der Waals surface area contributed by atoms with Crippen LogP contribution in [0.15, 0.2) is 29.1 Å². The maximum atomic E-state index is 4.36. The lowest BCUT2D eigenvalue weighted by atomic mass is 10.1. The molecule has 0 saturated carbocycles. The topological polar surface area (TPSA) is 66.5 Å². The second-order valence-corrected chi connectivity index (χ2v) is 4.57. The lowest BCUT2D eigenvalue weighted by molar-refractivity contribution is 0.518. The molecule has 2 aromatic rings. The molecule has 0 amide bonds. The third-order valence-corrected chi connectivity index (χ3v) is 2.89. The Hall–Kier alpha value is -1.27. The summed E-state index contributed by atoms with van der Waals surface area (Å²) < 4.78 is 0.987. The Kier molecular flexibility index (Phi) is 4.22. The van der Waals surface area contributed by atoms with E-state index >= 15 is 0 Å². The Morgan fingerprint density at radius 1 is 1.41 bits per heavy atom. The number of halogens is 1. The predicted molar refractivity (Wildman–Crippen MR) is 68.4 cm³/mol. The van der Waals surface area contributed by atoms with Crippen LogP contribution in [0.3, 0.4) is 0 Å². The van der Waals surface area contributed by atoms with Gasteiger partial charge in [0, 0.05) is 22.8 Å². The summed E-state index contributed by atoms with van der Waals surface area (Å²) in [4.78, 5) is 8.54. The zero-order valence-corrected chi connectivity index (χ0v) is 11.1. The lowest BCUT2D eigenvalue weighted by Crippen LogP contribution is -2.24. The fourth-order valence-corrected chi connectivity index (χ4v) is 1.87. The monoisotopic (exact) mass is 295 g/mol. The molecule has 2 aromatic heterocycles. The van der Waals surface area contributed by atoms with Crippen molar-refractivity contribution in [3.63, 3.8) is 0 Å². The molecule has 0 aliphatic heterocycles. The minimum absolute atomic E-state index is 0.121. The lowest BCUT2D eigenvalue weighted by Gasteiger charge is -2.14. The van der Waals surface area contributed by atoms with Gasteiger partial charge in [-0.1, -0.05) is 6.92 Å². The van der Waals surface area contributed by atoms with Gasteiger partial charge in [-0.25, -0.2) is 4.98 Å². The number of pyridine rings is 1. The van der Waals surface area contributed by atoms with E-state index in [9.17, 15) is 0 Å². The van der Waals surface area contributed by atoms with Crippen molar-refractivity contribution < 1.29 is 0 Å². The average molecular weight is 296 g/mol. The largest absolute Gasteiger partial charge is 0.307 e. The first kappa shape index (κ1) is 12.2. The van der Waals surface area contributed by atoms with Gasteiger partial charge < -0.3 is 5.32 Å². The summed E-state index contributed by atoms with van der Waals surface area (Å²) >= 11 is 3.37. The molecule has 17 heavy (non-hydrogen) atoms. The van der Waals surface area contributed by atoms with Gasteiger partial charge in [0.2, 0.25) is 0 Å². The number of hydrogen-bond acceptors (Lipinski definition) is 4. The van der Waals surface area contributed by atoms with E-state index in [0.29, 0.717) is 0 Å². The molecule has 0 fully saturated rings. The first-order valence-corrected chi connectivity index (χ1v) is 6.28. The van der Waals surface area contributed by atoms with Gasteiger partial charge in [0.05, 0.1) is 6.04 Å². The van der Waals surface area contributed by atoms with Crippen LogP contribution in [0, 0.1) is 0 Å². The molecule has 0 spiro atoms. The van der Waals surface area contributed by atoms with Crippen LogP contribution < -0.4 is 5.32 Å². The van der Waals surface area contributed by atoms with E-state index in [0.717, 1.165) is 29.0 Å². The molecule has 0 bridgehead atoms. The van der Waals surface area contributed by atoms with Crippen molar-refractivity contribution in [1.82, 2.24) is 25.5 Å². The van der Waals surface area contributed by atoms with E-state index in [1.54, 1.807) is 6.20 Å². The number of hydrogen-bond donors (Lipinski definition) is 2. The number of H-pyrrole nitrogens is 1. The predicted octanol–water partition coefficient (Wildman–Crippen LogP) is 1.86. The average Bonchev–Trinajstić information content (AvgIpc) is 2.85. The summed E-state index contributed by atoms with van der Waals surface area (Å²) in [5.41, 5.74) is 1.02. The Morgan fingerprint density at radius 3 is 2.88 bits per heavy atom. The first-order chi connectivity index (χ1) is 8.29. The number of nitrogens with zero attached hydrogens (tertiary/aromatic N) is 3. The normalized spacial score (nSPS) is 12.6. The van der Waals surface area contributed by atoms with Crippen LogP contribution in [0.5, 0.6) is 0 Å². The number of likely N-dealkylation sites (N-methyl/N-ethyl adjacent to an activating group) is 1. The van der Waals surface area contributed by atoms with Crippen LogP contribution in [-0.4, -0.2) is 26.7 Å². The second kappa shape index (κ2) is 5.88. The fourth-order valence-electron chi connectivity index (χ4n) is 1.63. The van der Waals surface area contributed by atoms with Crippen molar-refractivity contribution in [2.24, 2.45) is 0 Å². The van der Waals surface area contributed by atoms with Gasteiger partial charge in [-0.15, -0.1) is 0 Å². The highest BCUT2D eigenvalue weighted by Crippen LogP contribution is 2.14. The van der Waals surface area contributed by atoms with Crippen LogP contribution in [0.1, 0.15) is 24.5 Å². The number of rotatable bonds is 5. The summed E-state index contributed by atoms with van der Waals surface area (Å²) in [6.45, 7) is 2.94. The minimum Gasteiger partial charge on any atom is -0.307 e. The molecule has 0 aliphatic carbocycles. The van der Waals surface area contributed by atoms with E-state index in [1.807, 2.05) is 12.1 Å². The van der Waals surface area contributed by atoms with E-state index in [1.165, 1.54) is 6.33 Å². The second-order valence-electron chi connectivity index (χ2n) is 3.65. The Balaban J connectivity index is 2.10. The summed E-state index contributed by atoms with van der Waals surface area (Å²) in [6, 6.07) is 4.12. The molecule has 0 saturated heterocycles. The van der Waals surface area contributed by atoms with E-state index < -0.39 is 0 Å². The Bertz CT molecular complexity index is 439. The zero-order chi connectivity index (χ0) is 12.1. The highest BCUT2D eigenvalue weighted by molar-refractivity contribution is 9.10. The molecular formula is C11H14BrN5. The summed E-state index contributed by atoms with van der Waals surface area (Å²) in [5, 5.41) is 10.1. The minimum atomic E-state index is 0.121. The van der Waals surface area contributed by atoms with Gasteiger partial charge in [-0.2, -0.15) is 5.10 Å². The number of aromatic amines is 1. The van der Waals surface area contributed by atoms with E-state index in [4.69, 9.17) is 0 Å². The first-order valence-electron chi connectivity index (χ1n) is 5.48. The molecule has 0 aromatic carbocycles. The van der Waals surface area contributed by atoms with Gasteiger partial charge in [-0.3, -0.25) is 10.1 Å². The molecule has 5 nitrogen and oxygen atoms in total. The highest BCUT2D eigenvalue weighted by Gasteiger charge is 2.14. The van der Waals surface area contributed by atoms with Crippen molar-refractivity contribution in [2.45, 2.75) is 19.4 Å². The molecule has 90 valence electrons. The summed E-state index contributed by atoms with van der Waals surface area (Å²) in [5.74, 6) is 0.844. The fraction of sp³-hybridized carbons (Fsp3) is 0.364. The van der Waals surface area contributed by atoms with Crippen LogP contribution in [0.25, 0.3) is 0 Å². The molecule has 2 N–H and O–H groups in total. The SMILES string of the molecule is CCNC(Cc1ccc(Br)cn1)c1ncn[nH]1. The smallest absolute Gasteiger partial charge is 0.141 e. The van der Waals surface area contributed by atoms with Crippen LogP contribution in [-0.2, 0) is 6.42 Å². The summed E-state index contributed by atoms with van der Waals surface area (Å²) in [6.07, 6.45) is 4.11. The Morgan fingerprint density at radius 2 is 2.29 bits per heavy atom. The Labute approximate surface area is 108 Å². The van der Waals surface area contributed by atoms with Crippen molar-refractivity contribution in [3.05, 3.63) is 40.6 Å². The van der Waals surface area contributed by atoms with E-state index in [2.05, 4.69) is 48.3 Å². The molecule has 0 aliphatic rings. The van der Waals surface area contributed by atoms with Crippen LogP contribution >= 0.6 is 15.9 Å². The number of nitrogens with one attached hydrogen (secondary N) is 2. The van der Waals surface area contributed by atoms with E-state index in [-0.39, 0.29) is 6.04 Å². The van der Waals surface area contributed by atoms with Gasteiger partial charge in [0.15, 0.2) is 0 Å². The molecule has 2 heterocycles.